The largest absolute Gasteiger partial charge is 0.467 e. The highest BCUT2D eigenvalue weighted by Crippen LogP contribution is 2.32. The maximum absolute atomic E-state index is 12.9. The van der Waals surface area contributed by atoms with E-state index in [0.717, 1.165) is 37.8 Å². The van der Waals surface area contributed by atoms with Crippen molar-refractivity contribution in [3.8, 4) is 0 Å². The Morgan fingerprint density at radius 2 is 2.04 bits per heavy atom. The molecular formula is C18H21ClN2O2. The summed E-state index contributed by atoms with van der Waals surface area (Å²) >= 11 is 5.99. The summed E-state index contributed by atoms with van der Waals surface area (Å²) in [4.78, 5) is 14.9. The standard InChI is InChI=1S/C18H21ClN2O2/c19-15-7-5-13(6-8-15)17-4-2-1-3-9-21(17)18(22)14-10-16(11-20)23-12-14/h5-8,10,12,17H,1-4,9,11,20H2. The molecule has 4 nitrogen and oxygen atoms in total. The molecule has 1 aromatic carbocycles. The van der Waals surface area contributed by atoms with E-state index in [1.807, 2.05) is 29.2 Å². The van der Waals surface area contributed by atoms with Crippen molar-refractivity contribution < 1.29 is 9.21 Å². The first-order chi connectivity index (χ1) is 11.2. The Hall–Kier alpha value is -1.78. The molecule has 1 aliphatic heterocycles. The number of hydrogen-bond acceptors (Lipinski definition) is 3. The van der Waals surface area contributed by atoms with E-state index in [0.29, 0.717) is 22.9 Å². The Bertz CT molecular complexity index is 666. The fraction of sp³-hybridized carbons (Fsp3) is 0.389. The van der Waals surface area contributed by atoms with Crippen molar-refractivity contribution in [2.24, 2.45) is 5.73 Å². The van der Waals surface area contributed by atoms with Crippen molar-refractivity contribution in [3.63, 3.8) is 0 Å². The lowest BCUT2D eigenvalue weighted by Gasteiger charge is -2.30. The van der Waals surface area contributed by atoms with Gasteiger partial charge < -0.3 is 15.1 Å². The van der Waals surface area contributed by atoms with E-state index in [-0.39, 0.29) is 11.9 Å². The minimum absolute atomic E-state index is 0.00954. The van der Waals surface area contributed by atoms with Crippen molar-refractivity contribution in [2.45, 2.75) is 38.3 Å². The van der Waals surface area contributed by atoms with Crippen molar-refractivity contribution in [2.75, 3.05) is 6.54 Å². The summed E-state index contributed by atoms with van der Waals surface area (Å²) in [5, 5.41) is 0.711. The third-order valence-electron chi connectivity index (χ3n) is 4.37. The maximum Gasteiger partial charge on any atom is 0.257 e. The number of rotatable bonds is 3. The Kier molecular flexibility index (Phi) is 5.03. The minimum Gasteiger partial charge on any atom is -0.467 e. The van der Waals surface area contributed by atoms with Gasteiger partial charge in [-0.25, -0.2) is 0 Å². The molecule has 0 saturated carbocycles. The predicted molar refractivity (Wildman–Crippen MR) is 90.3 cm³/mol. The number of nitrogens with zero attached hydrogens (tertiary/aromatic N) is 1. The van der Waals surface area contributed by atoms with Crippen molar-refractivity contribution in [1.82, 2.24) is 4.90 Å². The highest BCUT2D eigenvalue weighted by molar-refractivity contribution is 6.30. The van der Waals surface area contributed by atoms with Gasteiger partial charge in [-0.2, -0.15) is 0 Å². The first kappa shape index (κ1) is 16.1. The van der Waals surface area contributed by atoms with Crippen LogP contribution in [0.5, 0.6) is 0 Å². The zero-order valence-electron chi connectivity index (χ0n) is 13.0. The summed E-state index contributed by atoms with van der Waals surface area (Å²) in [5.74, 6) is 0.640. The average Bonchev–Trinajstić information content (AvgIpc) is 2.92. The molecule has 5 heteroatoms. The normalized spacial score (nSPS) is 18.7. The van der Waals surface area contributed by atoms with Crippen LogP contribution < -0.4 is 5.73 Å². The van der Waals surface area contributed by atoms with E-state index in [2.05, 4.69) is 0 Å². The number of benzene rings is 1. The fourth-order valence-electron chi connectivity index (χ4n) is 3.15. The lowest BCUT2D eigenvalue weighted by Crippen LogP contribution is -2.34. The first-order valence-electron chi connectivity index (χ1n) is 8.03. The molecule has 2 heterocycles. The van der Waals surface area contributed by atoms with E-state index in [1.54, 1.807) is 6.07 Å². The second kappa shape index (κ2) is 7.20. The molecule has 0 aliphatic carbocycles. The van der Waals surface area contributed by atoms with Gasteiger partial charge >= 0.3 is 0 Å². The molecule has 1 amide bonds. The van der Waals surface area contributed by atoms with Crippen LogP contribution in [0.2, 0.25) is 5.02 Å². The summed E-state index contributed by atoms with van der Waals surface area (Å²) in [6.07, 6.45) is 5.77. The van der Waals surface area contributed by atoms with Crippen LogP contribution in [0.1, 0.15) is 53.4 Å². The number of likely N-dealkylation sites (tertiary alicyclic amines) is 1. The SMILES string of the molecule is NCc1cc(C(=O)N2CCCCCC2c2ccc(Cl)cc2)co1. The second-order valence-electron chi connectivity index (χ2n) is 5.92. The summed E-state index contributed by atoms with van der Waals surface area (Å²) in [6, 6.07) is 9.62. The van der Waals surface area contributed by atoms with Crippen LogP contribution in [-0.2, 0) is 6.54 Å². The number of halogens is 1. The van der Waals surface area contributed by atoms with E-state index in [9.17, 15) is 4.79 Å². The molecular weight excluding hydrogens is 312 g/mol. The summed E-state index contributed by atoms with van der Waals surface area (Å²) in [7, 11) is 0. The Morgan fingerprint density at radius 1 is 1.26 bits per heavy atom. The van der Waals surface area contributed by atoms with Gasteiger partial charge in [0, 0.05) is 11.6 Å². The van der Waals surface area contributed by atoms with Gasteiger partial charge in [-0.3, -0.25) is 4.79 Å². The number of carbonyl (C=O) groups excluding carboxylic acids is 1. The highest BCUT2D eigenvalue weighted by atomic mass is 35.5. The molecule has 1 atom stereocenters. The minimum atomic E-state index is 0.00954. The van der Waals surface area contributed by atoms with Crippen molar-refractivity contribution >= 4 is 17.5 Å². The molecule has 23 heavy (non-hydrogen) atoms. The van der Waals surface area contributed by atoms with Gasteiger partial charge in [-0.15, -0.1) is 0 Å². The third kappa shape index (κ3) is 3.59. The van der Waals surface area contributed by atoms with Crippen LogP contribution in [0.4, 0.5) is 0 Å². The van der Waals surface area contributed by atoms with Gasteiger partial charge in [0.2, 0.25) is 0 Å². The quantitative estimate of drug-likeness (QED) is 0.918. The van der Waals surface area contributed by atoms with E-state index in [1.165, 1.54) is 6.26 Å². The second-order valence-corrected chi connectivity index (χ2v) is 6.36. The average molecular weight is 333 g/mol. The Morgan fingerprint density at radius 3 is 2.74 bits per heavy atom. The molecule has 122 valence electrons. The summed E-state index contributed by atoms with van der Waals surface area (Å²) in [5.41, 5.74) is 7.28. The molecule has 0 spiro atoms. The van der Waals surface area contributed by atoms with Gasteiger partial charge in [0.1, 0.15) is 12.0 Å². The molecule has 1 aromatic heterocycles. The highest BCUT2D eigenvalue weighted by Gasteiger charge is 2.28. The lowest BCUT2D eigenvalue weighted by molar-refractivity contribution is 0.0680. The van der Waals surface area contributed by atoms with Gasteiger partial charge in [0.05, 0.1) is 18.2 Å². The van der Waals surface area contributed by atoms with Gasteiger partial charge in [-0.05, 0) is 36.6 Å². The smallest absolute Gasteiger partial charge is 0.257 e. The molecule has 1 fully saturated rings. The first-order valence-corrected chi connectivity index (χ1v) is 8.41. The molecule has 1 saturated heterocycles. The van der Waals surface area contributed by atoms with E-state index >= 15 is 0 Å². The van der Waals surface area contributed by atoms with Crippen LogP contribution in [0.3, 0.4) is 0 Å². The van der Waals surface area contributed by atoms with Crippen LogP contribution in [0.15, 0.2) is 41.0 Å². The summed E-state index contributed by atoms with van der Waals surface area (Å²) < 4.78 is 5.32. The topological polar surface area (TPSA) is 59.5 Å². The monoisotopic (exact) mass is 332 g/mol. The third-order valence-corrected chi connectivity index (χ3v) is 4.62. The number of amides is 1. The van der Waals surface area contributed by atoms with Crippen molar-refractivity contribution in [3.05, 3.63) is 58.5 Å². The lowest BCUT2D eigenvalue weighted by atomic mass is 10.0. The van der Waals surface area contributed by atoms with Crippen molar-refractivity contribution in [1.29, 1.82) is 0 Å². The number of hydrogen-bond donors (Lipinski definition) is 1. The number of carbonyl (C=O) groups is 1. The number of furan rings is 1. The van der Waals surface area contributed by atoms with Gasteiger partial charge in [0.15, 0.2) is 0 Å². The summed E-state index contributed by atoms with van der Waals surface area (Å²) in [6.45, 7) is 1.06. The Balaban J connectivity index is 1.88. The van der Waals surface area contributed by atoms with E-state index in [4.69, 9.17) is 21.8 Å². The number of nitrogens with two attached hydrogens (primary N) is 1. The zero-order valence-corrected chi connectivity index (χ0v) is 13.8. The fourth-order valence-corrected chi connectivity index (χ4v) is 3.27. The maximum atomic E-state index is 12.9. The molecule has 1 aliphatic rings. The van der Waals surface area contributed by atoms with Crippen LogP contribution in [0, 0.1) is 0 Å². The van der Waals surface area contributed by atoms with E-state index < -0.39 is 0 Å². The molecule has 0 radical (unpaired) electrons. The van der Waals surface area contributed by atoms with Gasteiger partial charge in [0.25, 0.3) is 5.91 Å². The van der Waals surface area contributed by atoms with Crippen LogP contribution >= 0.6 is 11.6 Å². The Labute approximate surface area is 141 Å². The van der Waals surface area contributed by atoms with Gasteiger partial charge in [-0.1, -0.05) is 36.6 Å². The molecule has 3 rings (SSSR count). The molecule has 1 unspecified atom stereocenters. The molecule has 2 N–H and O–H groups in total. The zero-order chi connectivity index (χ0) is 16.2. The molecule has 2 aromatic rings. The molecule has 0 bridgehead atoms. The van der Waals surface area contributed by atoms with Crippen LogP contribution in [0.25, 0.3) is 0 Å². The van der Waals surface area contributed by atoms with Crippen LogP contribution in [-0.4, -0.2) is 17.4 Å². The predicted octanol–water partition coefficient (Wildman–Crippen LogP) is 4.15.